The minimum Gasteiger partial charge on any atom is -0.346 e. The fourth-order valence-corrected chi connectivity index (χ4v) is 3.16. The van der Waals surface area contributed by atoms with Crippen molar-refractivity contribution >= 4 is 29.1 Å². The molecule has 1 aliphatic rings. The Morgan fingerprint density at radius 3 is 2.86 bits per heavy atom. The molecule has 0 aromatic carbocycles. The molecule has 0 fully saturated rings. The third-order valence-corrected chi connectivity index (χ3v) is 4.87. The van der Waals surface area contributed by atoms with Gasteiger partial charge in [-0.1, -0.05) is 30.1 Å². The first-order valence-corrected chi connectivity index (χ1v) is 7.99. The van der Waals surface area contributed by atoms with Gasteiger partial charge in [0, 0.05) is 32.5 Å². The Bertz CT molecular complexity index is 708. The minimum absolute atomic E-state index is 0.0498. The van der Waals surface area contributed by atoms with Gasteiger partial charge in [0.15, 0.2) is 0 Å². The van der Waals surface area contributed by atoms with Crippen LogP contribution in [0.4, 0.5) is 0 Å². The van der Waals surface area contributed by atoms with E-state index in [0.717, 1.165) is 30.9 Å². The number of nitrogens with zero attached hydrogens (tertiary/aromatic N) is 4. The number of carbonyl (C=O) groups excluding carboxylic acids is 1. The van der Waals surface area contributed by atoms with Crippen LogP contribution in [0.3, 0.4) is 0 Å². The molecule has 1 amide bonds. The van der Waals surface area contributed by atoms with Gasteiger partial charge in [0.25, 0.3) is 5.91 Å². The van der Waals surface area contributed by atoms with Crippen LogP contribution in [0.5, 0.6) is 0 Å². The highest BCUT2D eigenvalue weighted by Gasteiger charge is 2.25. The monoisotopic (exact) mass is 341 g/mol. The summed E-state index contributed by atoms with van der Waals surface area (Å²) in [4.78, 5) is 12.4. The Hall–Kier alpha value is -1.53. The van der Waals surface area contributed by atoms with Crippen LogP contribution in [-0.2, 0) is 26.4 Å². The standard InChI is InChI=1S/C14H17Cl2N5O/c1-3-11-18-19-12-5-4-8(7-21(11)12)17-14(22)10-6-9(15)13(16)20(10)2/h6,8H,3-5,7H2,1-2H3,(H,17,22). The normalized spacial score (nSPS) is 17.4. The Morgan fingerprint density at radius 2 is 2.23 bits per heavy atom. The minimum atomic E-state index is -0.170. The van der Waals surface area contributed by atoms with Crippen LogP contribution in [0, 0.1) is 0 Å². The highest BCUT2D eigenvalue weighted by molar-refractivity contribution is 6.41. The van der Waals surface area contributed by atoms with Crippen molar-refractivity contribution in [3.8, 4) is 0 Å². The van der Waals surface area contributed by atoms with Gasteiger partial charge >= 0.3 is 0 Å². The van der Waals surface area contributed by atoms with Gasteiger partial charge in [-0.05, 0) is 12.5 Å². The van der Waals surface area contributed by atoms with Gasteiger partial charge in [0.05, 0.1) is 5.02 Å². The maximum atomic E-state index is 12.4. The molecule has 0 saturated carbocycles. The number of amides is 1. The van der Waals surface area contributed by atoms with E-state index in [1.54, 1.807) is 17.7 Å². The molecule has 2 aromatic rings. The van der Waals surface area contributed by atoms with Gasteiger partial charge in [-0.2, -0.15) is 0 Å². The van der Waals surface area contributed by atoms with E-state index in [1.165, 1.54) is 0 Å². The first-order valence-electron chi connectivity index (χ1n) is 7.23. The van der Waals surface area contributed by atoms with Gasteiger partial charge in [-0.15, -0.1) is 10.2 Å². The number of halogens is 2. The van der Waals surface area contributed by atoms with Crippen molar-refractivity contribution in [3.63, 3.8) is 0 Å². The summed E-state index contributed by atoms with van der Waals surface area (Å²) in [5.41, 5.74) is 0.459. The summed E-state index contributed by atoms with van der Waals surface area (Å²) < 4.78 is 3.68. The van der Waals surface area contributed by atoms with E-state index in [2.05, 4.69) is 20.1 Å². The lowest BCUT2D eigenvalue weighted by molar-refractivity contribution is 0.0919. The van der Waals surface area contributed by atoms with E-state index in [0.29, 0.717) is 22.4 Å². The number of aryl methyl sites for hydroxylation is 2. The maximum Gasteiger partial charge on any atom is 0.268 e. The third-order valence-electron chi connectivity index (χ3n) is 4.02. The van der Waals surface area contributed by atoms with Gasteiger partial charge < -0.3 is 14.5 Å². The second-order valence-electron chi connectivity index (χ2n) is 5.43. The van der Waals surface area contributed by atoms with Crippen molar-refractivity contribution in [2.24, 2.45) is 7.05 Å². The highest BCUT2D eigenvalue weighted by atomic mass is 35.5. The zero-order valence-electron chi connectivity index (χ0n) is 12.4. The van der Waals surface area contributed by atoms with Crippen LogP contribution in [-0.4, -0.2) is 31.3 Å². The fourth-order valence-electron chi connectivity index (χ4n) is 2.78. The molecule has 1 unspecified atom stereocenters. The average molecular weight is 342 g/mol. The summed E-state index contributed by atoms with van der Waals surface area (Å²) in [5.74, 6) is 1.78. The Kier molecular flexibility index (Phi) is 4.14. The molecule has 3 rings (SSSR count). The molecule has 3 heterocycles. The van der Waals surface area contributed by atoms with E-state index in [4.69, 9.17) is 23.2 Å². The number of rotatable bonds is 3. The number of fused-ring (bicyclic) bond motifs is 1. The Balaban J connectivity index is 1.74. The van der Waals surface area contributed by atoms with Gasteiger partial charge in [-0.25, -0.2) is 0 Å². The Labute approximate surface area is 138 Å². The van der Waals surface area contributed by atoms with Crippen molar-refractivity contribution in [1.82, 2.24) is 24.6 Å². The van der Waals surface area contributed by atoms with Crippen molar-refractivity contribution < 1.29 is 4.79 Å². The van der Waals surface area contributed by atoms with E-state index in [9.17, 15) is 4.79 Å². The molecule has 1 aliphatic heterocycles. The maximum absolute atomic E-state index is 12.4. The Morgan fingerprint density at radius 1 is 1.45 bits per heavy atom. The summed E-state index contributed by atoms with van der Waals surface area (Å²) in [6.07, 6.45) is 2.49. The molecule has 0 bridgehead atoms. The topological polar surface area (TPSA) is 64.7 Å². The predicted octanol–water partition coefficient (Wildman–Crippen LogP) is 2.23. The second kappa shape index (κ2) is 5.93. The molecule has 0 radical (unpaired) electrons. The van der Waals surface area contributed by atoms with Crippen LogP contribution in [0.15, 0.2) is 6.07 Å². The summed E-state index contributed by atoms with van der Waals surface area (Å²) in [6, 6.07) is 1.64. The summed E-state index contributed by atoms with van der Waals surface area (Å²) in [7, 11) is 1.72. The molecule has 6 nitrogen and oxygen atoms in total. The number of aromatic nitrogens is 4. The largest absolute Gasteiger partial charge is 0.346 e. The lowest BCUT2D eigenvalue weighted by atomic mass is 10.1. The molecule has 0 aliphatic carbocycles. The number of carbonyl (C=O) groups is 1. The molecule has 0 spiro atoms. The predicted molar refractivity (Wildman–Crippen MR) is 84.4 cm³/mol. The summed E-state index contributed by atoms with van der Waals surface area (Å²) >= 11 is 12.0. The van der Waals surface area contributed by atoms with Crippen LogP contribution in [0.2, 0.25) is 10.2 Å². The van der Waals surface area contributed by atoms with E-state index in [-0.39, 0.29) is 11.9 Å². The molecule has 22 heavy (non-hydrogen) atoms. The van der Waals surface area contributed by atoms with E-state index in [1.807, 2.05) is 6.92 Å². The third kappa shape index (κ3) is 2.61. The van der Waals surface area contributed by atoms with Crippen molar-refractivity contribution in [3.05, 3.63) is 33.6 Å². The van der Waals surface area contributed by atoms with Gasteiger partial charge in [-0.3, -0.25) is 4.79 Å². The zero-order valence-corrected chi connectivity index (χ0v) is 13.9. The van der Waals surface area contributed by atoms with E-state index >= 15 is 0 Å². The number of hydrogen-bond acceptors (Lipinski definition) is 3. The quantitative estimate of drug-likeness (QED) is 0.930. The smallest absolute Gasteiger partial charge is 0.268 e. The lowest BCUT2D eigenvalue weighted by Crippen LogP contribution is -2.41. The van der Waals surface area contributed by atoms with Crippen LogP contribution in [0.1, 0.15) is 35.5 Å². The molecular formula is C14H17Cl2N5O. The summed E-state index contributed by atoms with van der Waals surface area (Å²) in [5, 5.41) is 12.2. The molecule has 0 saturated heterocycles. The van der Waals surface area contributed by atoms with E-state index < -0.39 is 0 Å². The molecule has 2 aromatic heterocycles. The van der Waals surface area contributed by atoms with Gasteiger partial charge in [0.2, 0.25) is 0 Å². The highest BCUT2D eigenvalue weighted by Crippen LogP contribution is 2.25. The SMILES string of the molecule is CCc1nnc2n1CC(NC(=O)c1cc(Cl)c(Cl)n1C)CC2. The molecule has 1 N–H and O–H groups in total. The lowest BCUT2D eigenvalue weighted by Gasteiger charge is -2.25. The average Bonchev–Trinajstić information content (AvgIpc) is 3.03. The summed E-state index contributed by atoms with van der Waals surface area (Å²) in [6.45, 7) is 2.75. The molecule has 8 heteroatoms. The van der Waals surface area contributed by atoms with Crippen LogP contribution in [0.25, 0.3) is 0 Å². The van der Waals surface area contributed by atoms with Crippen molar-refractivity contribution in [2.45, 2.75) is 38.8 Å². The van der Waals surface area contributed by atoms with Crippen LogP contribution < -0.4 is 5.32 Å². The van der Waals surface area contributed by atoms with Crippen molar-refractivity contribution in [1.29, 1.82) is 0 Å². The van der Waals surface area contributed by atoms with Gasteiger partial charge in [0.1, 0.15) is 22.5 Å². The second-order valence-corrected chi connectivity index (χ2v) is 6.20. The first-order chi connectivity index (χ1) is 10.5. The fraction of sp³-hybridized carbons (Fsp3) is 0.500. The molecule has 1 atom stereocenters. The first kappa shape index (κ1) is 15.4. The molecule has 118 valence electrons. The zero-order chi connectivity index (χ0) is 15.9. The number of hydrogen-bond donors (Lipinski definition) is 1. The molecular weight excluding hydrogens is 325 g/mol. The number of nitrogens with one attached hydrogen (secondary N) is 1. The van der Waals surface area contributed by atoms with Crippen molar-refractivity contribution in [2.75, 3.05) is 0 Å². The van der Waals surface area contributed by atoms with Crippen LogP contribution >= 0.6 is 23.2 Å².